The minimum Gasteiger partial charge on any atom is -0.486 e. The van der Waals surface area contributed by atoms with Gasteiger partial charge in [0.25, 0.3) is 5.56 Å². The Balaban J connectivity index is 1.40. The van der Waals surface area contributed by atoms with Crippen LogP contribution in [-0.2, 0) is 13.1 Å². The fourth-order valence-corrected chi connectivity index (χ4v) is 6.42. The fraction of sp³-hybridized carbons (Fsp3) is 0.357. The van der Waals surface area contributed by atoms with Crippen LogP contribution in [0.3, 0.4) is 0 Å². The molecule has 1 fully saturated rings. The molecule has 0 bridgehead atoms. The number of fused-ring (bicyclic) bond motifs is 2. The maximum absolute atomic E-state index is 13.8. The lowest BCUT2D eigenvalue weighted by Gasteiger charge is -2.30. The highest BCUT2D eigenvalue weighted by molar-refractivity contribution is 7.09. The number of pyridine rings is 1. The van der Waals surface area contributed by atoms with E-state index in [0.29, 0.717) is 54.7 Å². The lowest BCUT2D eigenvalue weighted by molar-refractivity contribution is 0.172. The molecule has 0 spiro atoms. The van der Waals surface area contributed by atoms with Gasteiger partial charge in [-0.25, -0.2) is 4.68 Å². The molecule has 11 heteroatoms. The van der Waals surface area contributed by atoms with E-state index in [4.69, 9.17) is 13.9 Å². The second-order valence-corrected chi connectivity index (χ2v) is 11.1. The molecule has 0 saturated heterocycles. The third-order valence-corrected chi connectivity index (χ3v) is 8.37. The van der Waals surface area contributed by atoms with E-state index in [1.54, 1.807) is 17.6 Å². The molecule has 1 atom stereocenters. The predicted octanol–water partition coefficient (Wildman–Crippen LogP) is 4.85. The van der Waals surface area contributed by atoms with Crippen LogP contribution < -0.4 is 15.0 Å². The maximum Gasteiger partial charge on any atom is 0.253 e. The third kappa shape index (κ3) is 4.72. The first kappa shape index (κ1) is 24.1. The van der Waals surface area contributed by atoms with Crippen molar-refractivity contribution in [3.05, 3.63) is 86.5 Å². The molecule has 200 valence electrons. The Labute approximate surface area is 228 Å². The second-order valence-electron chi connectivity index (χ2n) is 10.0. The number of hydrogen-bond acceptors (Lipinski definition) is 9. The molecule has 5 aromatic rings. The van der Waals surface area contributed by atoms with E-state index in [0.717, 1.165) is 36.8 Å². The molecule has 2 aliphatic rings. The number of furan rings is 1. The number of nitrogens with one attached hydrogen (secondary N) is 1. The van der Waals surface area contributed by atoms with Gasteiger partial charge in [-0.05, 0) is 59.0 Å². The zero-order valence-corrected chi connectivity index (χ0v) is 22.1. The Kier molecular flexibility index (Phi) is 6.37. The quantitative estimate of drug-likeness (QED) is 0.295. The zero-order chi connectivity index (χ0) is 26.2. The van der Waals surface area contributed by atoms with Crippen LogP contribution >= 0.6 is 11.3 Å². The first-order valence-electron chi connectivity index (χ1n) is 13.3. The molecule has 5 heterocycles. The fourth-order valence-electron chi connectivity index (χ4n) is 5.70. The van der Waals surface area contributed by atoms with Crippen molar-refractivity contribution in [1.82, 2.24) is 30.1 Å². The SMILES string of the molecule is O=c1[nH]c2cc3c(cc2cc1[C@@H](c1nnnn1C1CCCC1)N(Cc1ccco1)Cc1cccs1)OCCO3. The van der Waals surface area contributed by atoms with E-state index in [9.17, 15) is 4.79 Å². The minimum atomic E-state index is -0.519. The number of benzene rings is 1. The summed E-state index contributed by atoms with van der Waals surface area (Å²) in [6.45, 7) is 2.05. The molecule has 1 N–H and O–H groups in total. The third-order valence-electron chi connectivity index (χ3n) is 7.51. The lowest BCUT2D eigenvalue weighted by Crippen LogP contribution is -2.35. The number of thiophene rings is 1. The van der Waals surface area contributed by atoms with Gasteiger partial charge < -0.3 is 18.9 Å². The summed E-state index contributed by atoms with van der Waals surface area (Å²) in [5.41, 5.74) is 1.06. The Morgan fingerprint density at radius 2 is 1.92 bits per heavy atom. The number of ether oxygens (including phenoxy) is 2. The number of aromatic amines is 1. The van der Waals surface area contributed by atoms with Crippen molar-refractivity contribution < 1.29 is 13.9 Å². The number of H-pyrrole nitrogens is 1. The van der Waals surface area contributed by atoms with Crippen LogP contribution in [0.2, 0.25) is 0 Å². The summed E-state index contributed by atoms with van der Waals surface area (Å²) >= 11 is 1.68. The molecule has 1 aliphatic carbocycles. The normalized spacial score (nSPS) is 16.3. The van der Waals surface area contributed by atoms with Gasteiger partial charge in [0.05, 0.1) is 24.4 Å². The predicted molar refractivity (Wildman–Crippen MR) is 145 cm³/mol. The highest BCUT2D eigenvalue weighted by atomic mass is 32.1. The van der Waals surface area contributed by atoms with Crippen molar-refractivity contribution in [3.63, 3.8) is 0 Å². The van der Waals surface area contributed by atoms with Crippen LogP contribution in [0.5, 0.6) is 11.5 Å². The van der Waals surface area contributed by atoms with E-state index < -0.39 is 6.04 Å². The average molecular weight is 545 g/mol. The standard InChI is InChI=1S/C28H28N6O4S/c35-28-22(13-18-14-24-25(15-23(18)29-28)38-11-10-37-24)26(27-30-31-32-34(27)19-5-1-2-6-19)33(16-20-7-3-9-36-20)17-21-8-4-12-39-21/h3-4,7-9,12-15,19,26H,1-2,5-6,10-11,16-17H2,(H,29,35)/t26-/m0/s1. The van der Waals surface area contributed by atoms with Gasteiger partial charge in [-0.3, -0.25) is 9.69 Å². The summed E-state index contributed by atoms with van der Waals surface area (Å²) < 4.78 is 19.3. The van der Waals surface area contributed by atoms with Crippen molar-refractivity contribution >= 4 is 22.2 Å². The van der Waals surface area contributed by atoms with Crippen LogP contribution in [0.15, 0.2) is 63.3 Å². The van der Waals surface area contributed by atoms with Crippen molar-refractivity contribution in [3.8, 4) is 11.5 Å². The molecule has 1 aliphatic heterocycles. The first-order valence-corrected chi connectivity index (χ1v) is 14.1. The monoisotopic (exact) mass is 544 g/mol. The molecule has 1 aromatic carbocycles. The number of aromatic nitrogens is 5. The Bertz CT molecular complexity index is 1590. The molecular weight excluding hydrogens is 516 g/mol. The molecule has 1 saturated carbocycles. The van der Waals surface area contributed by atoms with Crippen LogP contribution in [0.25, 0.3) is 10.9 Å². The van der Waals surface area contributed by atoms with Crippen molar-refractivity contribution in [2.45, 2.75) is 50.9 Å². The van der Waals surface area contributed by atoms with E-state index >= 15 is 0 Å². The van der Waals surface area contributed by atoms with Gasteiger partial charge >= 0.3 is 0 Å². The van der Waals surface area contributed by atoms with Gasteiger partial charge in [0.1, 0.15) is 25.0 Å². The lowest BCUT2D eigenvalue weighted by atomic mass is 10.0. The minimum absolute atomic E-state index is 0.194. The van der Waals surface area contributed by atoms with Crippen LogP contribution in [-0.4, -0.2) is 43.3 Å². The van der Waals surface area contributed by atoms with E-state index in [1.807, 2.05) is 41.1 Å². The van der Waals surface area contributed by atoms with Gasteiger partial charge in [-0.2, -0.15) is 0 Å². The highest BCUT2D eigenvalue weighted by Gasteiger charge is 2.34. The van der Waals surface area contributed by atoms with Crippen LogP contribution in [0.4, 0.5) is 0 Å². The summed E-state index contributed by atoms with van der Waals surface area (Å²) in [6.07, 6.45) is 5.99. The highest BCUT2D eigenvalue weighted by Crippen LogP contribution is 2.37. The molecule has 0 unspecified atom stereocenters. The second kappa shape index (κ2) is 10.3. The summed E-state index contributed by atoms with van der Waals surface area (Å²) in [6, 6.07) is 13.4. The van der Waals surface area contributed by atoms with Gasteiger partial charge in [0, 0.05) is 28.4 Å². The topological polar surface area (TPSA) is 111 Å². The van der Waals surface area contributed by atoms with Crippen molar-refractivity contribution in [2.75, 3.05) is 13.2 Å². The van der Waals surface area contributed by atoms with Crippen molar-refractivity contribution in [2.24, 2.45) is 0 Å². The van der Waals surface area contributed by atoms with Gasteiger partial charge in [0.15, 0.2) is 17.3 Å². The Hall–Kier alpha value is -3.96. The number of nitrogens with zero attached hydrogens (tertiary/aromatic N) is 5. The average Bonchev–Trinajstić information content (AvgIpc) is 3.76. The van der Waals surface area contributed by atoms with Crippen molar-refractivity contribution in [1.29, 1.82) is 0 Å². The molecule has 4 aromatic heterocycles. The number of hydrogen-bond donors (Lipinski definition) is 1. The summed E-state index contributed by atoms with van der Waals surface area (Å²) in [4.78, 5) is 20.3. The van der Waals surface area contributed by atoms with E-state index in [1.165, 1.54) is 4.88 Å². The Morgan fingerprint density at radius 1 is 1.08 bits per heavy atom. The number of tetrazole rings is 1. The molecule has 10 nitrogen and oxygen atoms in total. The number of rotatable bonds is 8. The summed E-state index contributed by atoms with van der Waals surface area (Å²) in [5, 5.41) is 16.0. The zero-order valence-electron chi connectivity index (χ0n) is 21.3. The molecule has 0 amide bonds. The van der Waals surface area contributed by atoms with E-state index in [2.05, 4.69) is 36.9 Å². The Morgan fingerprint density at radius 3 is 2.69 bits per heavy atom. The summed E-state index contributed by atoms with van der Waals surface area (Å²) in [5.74, 6) is 2.77. The van der Waals surface area contributed by atoms with Crippen LogP contribution in [0, 0.1) is 0 Å². The largest absolute Gasteiger partial charge is 0.486 e. The molecular formula is C28H28N6O4S. The van der Waals surface area contributed by atoms with Gasteiger partial charge in [0.2, 0.25) is 0 Å². The summed E-state index contributed by atoms with van der Waals surface area (Å²) in [7, 11) is 0. The van der Waals surface area contributed by atoms with E-state index in [-0.39, 0.29) is 11.6 Å². The molecule has 39 heavy (non-hydrogen) atoms. The maximum atomic E-state index is 13.8. The molecule has 7 rings (SSSR count). The smallest absolute Gasteiger partial charge is 0.253 e. The first-order chi connectivity index (χ1) is 19.2. The van der Waals surface area contributed by atoms with Gasteiger partial charge in [-0.15, -0.1) is 16.4 Å². The van der Waals surface area contributed by atoms with Gasteiger partial charge in [-0.1, -0.05) is 18.9 Å². The molecule has 0 radical (unpaired) electrons. The van der Waals surface area contributed by atoms with Crippen LogP contribution in [0.1, 0.15) is 59.8 Å².